The first-order chi connectivity index (χ1) is 10.6. The molecule has 0 aliphatic rings. The highest BCUT2D eigenvalue weighted by Gasteiger charge is 2.09. The van der Waals surface area contributed by atoms with E-state index in [9.17, 15) is 0 Å². The Bertz CT molecular complexity index is 846. The van der Waals surface area contributed by atoms with Gasteiger partial charge in [0.05, 0.1) is 0 Å². The van der Waals surface area contributed by atoms with Crippen LogP contribution in [-0.2, 0) is 6.61 Å². The smallest absolute Gasteiger partial charge is 0.146 e. The third kappa shape index (κ3) is 2.88. The second kappa shape index (κ2) is 6.12. The van der Waals surface area contributed by atoms with Gasteiger partial charge in [0.25, 0.3) is 0 Å². The normalized spacial score (nSPS) is 10.9. The molecule has 0 radical (unpaired) electrons. The maximum Gasteiger partial charge on any atom is 0.146 e. The van der Waals surface area contributed by atoms with E-state index in [0.717, 1.165) is 42.7 Å². The molecule has 0 aliphatic heterocycles. The van der Waals surface area contributed by atoms with E-state index in [2.05, 4.69) is 33.6 Å². The third-order valence-corrected chi connectivity index (χ3v) is 4.79. The van der Waals surface area contributed by atoms with Crippen LogP contribution in [0.3, 0.4) is 0 Å². The zero-order chi connectivity index (χ0) is 15.7. The van der Waals surface area contributed by atoms with Crippen molar-refractivity contribution in [3.63, 3.8) is 0 Å². The number of nitrogens with zero attached hydrogens (tertiary/aromatic N) is 1. The summed E-state index contributed by atoms with van der Waals surface area (Å²) in [4.78, 5) is 4.60. The number of anilines is 1. The molecule has 2 aromatic carbocycles. The lowest BCUT2D eigenvalue weighted by Gasteiger charge is -2.13. The van der Waals surface area contributed by atoms with Gasteiger partial charge in [-0.15, -0.1) is 0 Å². The highest BCUT2D eigenvalue weighted by atomic mass is 127. The summed E-state index contributed by atoms with van der Waals surface area (Å²) in [5.41, 5.74) is 10.9. The van der Waals surface area contributed by atoms with Gasteiger partial charge in [0.15, 0.2) is 0 Å². The number of nitrogen functional groups attached to an aromatic ring is 1. The van der Waals surface area contributed by atoms with Gasteiger partial charge in [0, 0.05) is 25.9 Å². The molecule has 3 rings (SSSR count). The van der Waals surface area contributed by atoms with Crippen LogP contribution in [0.15, 0.2) is 42.5 Å². The summed E-state index contributed by atoms with van der Waals surface area (Å²) < 4.78 is 7.21. The van der Waals surface area contributed by atoms with Crippen molar-refractivity contribution in [3.8, 4) is 5.75 Å². The summed E-state index contributed by atoms with van der Waals surface area (Å²) in [5.74, 6) is 0.804. The minimum absolute atomic E-state index is 0.490. The minimum Gasteiger partial charge on any atom is -0.487 e. The lowest BCUT2D eigenvalue weighted by atomic mass is 10.1. The lowest BCUT2D eigenvalue weighted by molar-refractivity contribution is 0.308. The quantitative estimate of drug-likeness (QED) is 0.512. The zero-order valence-electron chi connectivity index (χ0n) is 12.6. The Morgan fingerprint density at radius 3 is 2.73 bits per heavy atom. The van der Waals surface area contributed by atoms with Gasteiger partial charge in [0.2, 0.25) is 0 Å². The molecule has 0 fully saturated rings. The van der Waals surface area contributed by atoms with Gasteiger partial charge in [-0.05, 0) is 66.3 Å². The molecule has 4 heteroatoms. The maximum absolute atomic E-state index is 6.05. The number of aryl methyl sites for hydroxylation is 1. The van der Waals surface area contributed by atoms with E-state index in [1.807, 2.05) is 50.2 Å². The molecule has 1 aromatic heterocycles. The number of halogens is 1. The monoisotopic (exact) mass is 404 g/mol. The first-order valence-electron chi connectivity index (χ1n) is 7.09. The molecular formula is C18H17IN2O. The first kappa shape index (κ1) is 15.1. The Morgan fingerprint density at radius 1 is 1.09 bits per heavy atom. The molecule has 1 heterocycles. The van der Waals surface area contributed by atoms with E-state index >= 15 is 0 Å². The molecule has 112 valence electrons. The molecule has 3 nitrogen and oxygen atoms in total. The van der Waals surface area contributed by atoms with E-state index in [0.29, 0.717) is 6.61 Å². The first-order valence-corrected chi connectivity index (χ1v) is 8.17. The molecule has 2 N–H and O–H groups in total. The van der Waals surface area contributed by atoms with E-state index in [-0.39, 0.29) is 0 Å². The topological polar surface area (TPSA) is 48.1 Å². The van der Waals surface area contributed by atoms with Crippen molar-refractivity contribution in [1.29, 1.82) is 0 Å². The van der Waals surface area contributed by atoms with Crippen molar-refractivity contribution in [1.82, 2.24) is 4.98 Å². The van der Waals surface area contributed by atoms with Crippen LogP contribution < -0.4 is 10.5 Å². The standard InChI is InChI=1S/C18H17IN2O/c1-11-6-7-13-4-3-5-17(18(13)21-11)22-10-14-12(2)16(20)9-8-15(14)19/h3-9H,10,20H2,1-2H3. The van der Waals surface area contributed by atoms with Crippen LogP contribution in [0.4, 0.5) is 5.69 Å². The van der Waals surface area contributed by atoms with Crippen molar-refractivity contribution in [2.45, 2.75) is 20.5 Å². The van der Waals surface area contributed by atoms with E-state index in [1.54, 1.807) is 0 Å². The summed E-state index contributed by atoms with van der Waals surface area (Å²) in [6, 6.07) is 14.0. The Labute approximate surface area is 143 Å². The van der Waals surface area contributed by atoms with Crippen LogP contribution in [-0.4, -0.2) is 4.98 Å². The molecular weight excluding hydrogens is 387 g/mol. The fourth-order valence-corrected chi connectivity index (χ4v) is 3.14. The average Bonchev–Trinajstić information content (AvgIpc) is 2.51. The molecule has 0 saturated carbocycles. The van der Waals surface area contributed by atoms with Crippen LogP contribution in [0.2, 0.25) is 0 Å². The Hall–Kier alpha value is -1.82. The molecule has 0 amide bonds. The summed E-state index contributed by atoms with van der Waals surface area (Å²) in [5, 5.41) is 1.09. The van der Waals surface area contributed by atoms with Gasteiger partial charge < -0.3 is 10.5 Å². The maximum atomic E-state index is 6.05. The number of benzene rings is 2. The van der Waals surface area contributed by atoms with E-state index in [1.165, 1.54) is 0 Å². The SMILES string of the molecule is Cc1ccc2cccc(OCc3c(I)ccc(N)c3C)c2n1. The van der Waals surface area contributed by atoms with Crippen molar-refractivity contribution >= 4 is 39.2 Å². The van der Waals surface area contributed by atoms with Crippen LogP contribution >= 0.6 is 22.6 Å². The largest absolute Gasteiger partial charge is 0.487 e. The van der Waals surface area contributed by atoms with Crippen LogP contribution in [0.25, 0.3) is 10.9 Å². The highest BCUT2D eigenvalue weighted by Crippen LogP contribution is 2.27. The van der Waals surface area contributed by atoms with Gasteiger partial charge in [-0.25, -0.2) is 4.98 Å². The van der Waals surface area contributed by atoms with Crippen molar-refractivity contribution < 1.29 is 4.74 Å². The number of pyridine rings is 1. The van der Waals surface area contributed by atoms with E-state index in [4.69, 9.17) is 10.5 Å². The minimum atomic E-state index is 0.490. The fourth-order valence-electron chi connectivity index (χ4n) is 2.40. The number of para-hydroxylation sites is 1. The number of ether oxygens (including phenoxy) is 1. The van der Waals surface area contributed by atoms with Crippen LogP contribution in [0, 0.1) is 17.4 Å². The van der Waals surface area contributed by atoms with Crippen molar-refractivity contribution in [3.05, 3.63) is 62.9 Å². The molecule has 3 aromatic rings. The van der Waals surface area contributed by atoms with Gasteiger partial charge in [-0.2, -0.15) is 0 Å². The number of hydrogen-bond acceptors (Lipinski definition) is 3. The Balaban J connectivity index is 1.95. The predicted molar refractivity (Wildman–Crippen MR) is 99.1 cm³/mol. The van der Waals surface area contributed by atoms with Gasteiger partial charge in [-0.3, -0.25) is 0 Å². The second-order valence-electron chi connectivity index (χ2n) is 5.31. The molecule has 0 spiro atoms. The van der Waals surface area contributed by atoms with Gasteiger partial charge in [0.1, 0.15) is 17.9 Å². The summed E-state index contributed by atoms with van der Waals surface area (Å²) >= 11 is 2.32. The fraction of sp³-hybridized carbons (Fsp3) is 0.167. The lowest BCUT2D eigenvalue weighted by Crippen LogP contribution is -2.04. The number of fused-ring (bicyclic) bond motifs is 1. The number of hydrogen-bond donors (Lipinski definition) is 1. The summed E-state index contributed by atoms with van der Waals surface area (Å²) in [7, 11) is 0. The van der Waals surface area contributed by atoms with Gasteiger partial charge >= 0.3 is 0 Å². The summed E-state index contributed by atoms with van der Waals surface area (Å²) in [6.45, 7) is 4.51. The zero-order valence-corrected chi connectivity index (χ0v) is 14.7. The molecule has 0 aliphatic carbocycles. The molecule has 22 heavy (non-hydrogen) atoms. The predicted octanol–water partition coefficient (Wildman–Crippen LogP) is 4.62. The highest BCUT2D eigenvalue weighted by molar-refractivity contribution is 14.1. The molecule has 0 unspecified atom stereocenters. The summed E-state index contributed by atoms with van der Waals surface area (Å²) in [6.07, 6.45) is 0. The van der Waals surface area contributed by atoms with Crippen LogP contribution in [0.5, 0.6) is 5.75 Å². The number of nitrogens with two attached hydrogens (primary N) is 1. The van der Waals surface area contributed by atoms with Crippen LogP contribution in [0.1, 0.15) is 16.8 Å². The number of rotatable bonds is 3. The Kier molecular flexibility index (Phi) is 4.20. The molecule has 0 atom stereocenters. The Morgan fingerprint density at radius 2 is 1.91 bits per heavy atom. The second-order valence-corrected chi connectivity index (χ2v) is 6.47. The van der Waals surface area contributed by atoms with Gasteiger partial charge in [-0.1, -0.05) is 18.2 Å². The van der Waals surface area contributed by atoms with E-state index < -0.39 is 0 Å². The number of aromatic nitrogens is 1. The molecule has 0 bridgehead atoms. The van der Waals surface area contributed by atoms with Crippen molar-refractivity contribution in [2.75, 3.05) is 5.73 Å². The average molecular weight is 404 g/mol. The third-order valence-electron chi connectivity index (χ3n) is 3.78. The van der Waals surface area contributed by atoms with Crippen molar-refractivity contribution in [2.24, 2.45) is 0 Å². The molecule has 0 saturated heterocycles.